The van der Waals surface area contributed by atoms with E-state index in [1.54, 1.807) is 37.5 Å². The van der Waals surface area contributed by atoms with Crippen molar-refractivity contribution in [1.29, 1.82) is 0 Å². The molecule has 0 saturated carbocycles. The molecule has 0 atom stereocenters. The lowest BCUT2D eigenvalue weighted by molar-refractivity contribution is -0.132. The van der Waals surface area contributed by atoms with Crippen molar-refractivity contribution >= 4 is 23.5 Å². The second kappa shape index (κ2) is 8.75. The minimum atomic E-state index is -0.342. The standard InChI is InChI=1S/C19H25N7O2.2H2/c1-14-18(19(28)22-15-6-4-5-7-20-15)23-16(12-21-14)25-8-10-26(11-9-25)17(27)13-24(2)3;;/h4-7,12H,8-11,13H2,1-3H3,(H,20,22,28);2*1H. The average molecular weight is 387 g/mol. The molecule has 2 amide bonds. The van der Waals surface area contributed by atoms with Crippen LogP contribution < -0.4 is 10.2 Å². The van der Waals surface area contributed by atoms with Gasteiger partial charge in [-0.3, -0.25) is 14.6 Å². The number of aryl methyl sites for hydroxylation is 1. The van der Waals surface area contributed by atoms with Gasteiger partial charge in [-0.2, -0.15) is 0 Å². The van der Waals surface area contributed by atoms with Crippen molar-refractivity contribution < 1.29 is 12.4 Å². The molecular weight excluding hydrogens is 358 g/mol. The van der Waals surface area contributed by atoms with Crippen molar-refractivity contribution in [3.63, 3.8) is 0 Å². The first-order valence-corrected chi connectivity index (χ1v) is 9.17. The predicted molar refractivity (Wildman–Crippen MR) is 111 cm³/mol. The number of amides is 2. The summed E-state index contributed by atoms with van der Waals surface area (Å²) in [6.45, 7) is 4.70. The number of hydrogen-bond acceptors (Lipinski definition) is 7. The summed E-state index contributed by atoms with van der Waals surface area (Å²) in [4.78, 5) is 43.5. The molecule has 3 rings (SSSR count). The molecule has 9 nitrogen and oxygen atoms in total. The molecule has 3 heterocycles. The first-order valence-electron chi connectivity index (χ1n) is 9.17. The van der Waals surface area contributed by atoms with Gasteiger partial charge in [-0.15, -0.1) is 0 Å². The highest BCUT2D eigenvalue weighted by Crippen LogP contribution is 2.16. The number of piperazine rings is 1. The average Bonchev–Trinajstić information content (AvgIpc) is 2.68. The number of aromatic nitrogens is 3. The van der Waals surface area contributed by atoms with Crippen LogP contribution in [0.15, 0.2) is 30.6 Å². The zero-order valence-corrected chi connectivity index (χ0v) is 16.4. The Balaban J connectivity index is 0.00000225. The zero-order chi connectivity index (χ0) is 20.1. The second-order valence-corrected chi connectivity index (χ2v) is 6.94. The third-order valence-electron chi connectivity index (χ3n) is 4.47. The van der Waals surface area contributed by atoms with Crippen LogP contribution in [0.3, 0.4) is 0 Å². The summed E-state index contributed by atoms with van der Waals surface area (Å²) in [6.07, 6.45) is 3.28. The van der Waals surface area contributed by atoms with E-state index >= 15 is 0 Å². The topological polar surface area (TPSA) is 94.6 Å². The molecule has 9 heteroatoms. The number of carbonyl (C=O) groups is 2. The highest BCUT2D eigenvalue weighted by molar-refractivity contribution is 6.03. The lowest BCUT2D eigenvalue weighted by Crippen LogP contribution is -2.51. The van der Waals surface area contributed by atoms with E-state index in [0.29, 0.717) is 50.1 Å². The summed E-state index contributed by atoms with van der Waals surface area (Å²) >= 11 is 0. The minimum Gasteiger partial charge on any atom is -0.352 e. The van der Waals surface area contributed by atoms with Gasteiger partial charge in [-0.1, -0.05) is 6.07 Å². The summed E-state index contributed by atoms with van der Waals surface area (Å²) in [7, 11) is 3.77. The smallest absolute Gasteiger partial charge is 0.277 e. The molecule has 1 saturated heterocycles. The molecule has 2 aromatic heterocycles. The van der Waals surface area contributed by atoms with Crippen molar-refractivity contribution in [3.05, 3.63) is 42.0 Å². The maximum Gasteiger partial charge on any atom is 0.277 e. The molecule has 0 radical (unpaired) electrons. The van der Waals surface area contributed by atoms with Crippen LogP contribution in [0.1, 0.15) is 19.0 Å². The molecule has 28 heavy (non-hydrogen) atoms. The lowest BCUT2D eigenvalue weighted by atomic mass is 10.2. The normalized spacial score (nSPS) is 14.3. The lowest BCUT2D eigenvalue weighted by Gasteiger charge is -2.35. The number of pyridine rings is 1. The first-order chi connectivity index (χ1) is 13.4. The van der Waals surface area contributed by atoms with Crippen LogP contribution in [0.5, 0.6) is 0 Å². The summed E-state index contributed by atoms with van der Waals surface area (Å²) in [5.41, 5.74) is 0.825. The number of nitrogens with one attached hydrogen (secondary N) is 1. The van der Waals surface area contributed by atoms with Crippen molar-refractivity contribution in [1.82, 2.24) is 24.8 Å². The molecule has 0 aromatic carbocycles. The number of nitrogens with zero attached hydrogens (tertiary/aromatic N) is 6. The van der Waals surface area contributed by atoms with Crippen LogP contribution >= 0.6 is 0 Å². The Labute approximate surface area is 167 Å². The molecule has 1 N–H and O–H groups in total. The maximum absolute atomic E-state index is 12.6. The van der Waals surface area contributed by atoms with Gasteiger partial charge < -0.3 is 20.0 Å². The first kappa shape index (κ1) is 19.7. The van der Waals surface area contributed by atoms with Gasteiger partial charge in [0.05, 0.1) is 18.4 Å². The Morgan fingerprint density at radius 2 is 1.93 bits per heavy atom. The molecule has 0 aliphatic carbocycles. The predicted octanol–water partition coefficient (Wildman–Crippen LogP) is 1.13. The van der Waals surface area contributed by atoms with Crippen molar-refractivity contribution in [2.75, 3.05) is 57.0 Å². The van der Waals surface area contributed by atoms with Crippen LogP contribution in [0, 0.1) is 6.92 Å². The maximum atomic E-state index is 12.6. The molecule has 1 aliphatic heterocycles. The molecular formula is C19H29N7O2. The number of carbonyl (C=O) groups excluding carboxylic acids is 2. The van der Waals surface area contributed by atoms with Gasteiger partial charge in [0.1, 0.15) is 11.6 Å². The molecule has 1 fully saturated rings. The Kier molecular flexibility index (Phi) is 6.15. The number of hydrogen-bond donors (Lipinski definition) is 1. The minimum absolute atomic E-state index is 0. The Morgan fingerprint density at radius 1 is 1.18 bits per heavy atom. The van der Waals surface area contributed by atoms with E-state index in [4.69, 9.17) is 0 Å². The fourth-order valence-corrected chi connectivity index (χ4v) is 2.98. The molecule has 0 unspecified atom stereocenters. The second-order valence-electron chi connectivity index (χ2n) is 6.94. The van der Waals surface area contributed by atoms with Crippen LogP contribution in [-0.4, -0.2) is 83.4 Å². The quantitative estimate of drug-likeness (QED) is 0.822. The van der Waals surface area contributed by atoms with Crippen molar-refractivity contribution in [2.45, 2.75) is 6.92 Å². The van der Waals surface area contributed by atoms with Gasteiger partial charge >= 0.3 is 0 Å². The highest BCUT2D eigenvalue weighted by Gasteiger charge is 2.23. The van der Waals surface area contributed by atoms with Gasteiger partial charge in [0, 0.05) is 35.2 Å². The Bertz CT molecular complexity index is 844. The van der Waals surface area contributed by atoms with E-state index in [1.165, 1.54) is 0 Å². The van der Waals surface area contributed by atoms with Crippen molar-refractivity contribution in [2.24, 2.45) is 0 Å². The Morgan fingerprint density at radius 3 is 2.57 bits per heavy atom. The van der Waals surface area contributed by atoms with E-state index < -0.39 is 0 Å². The monoisotopic (exact) mass is 387 g/mol. The van der Waals surface area contributed by atoms with Crippen molar-refractivity contribution in [3.8, 4) is 0 Å². The summed E-state index contributed by atoms with van der Waals surface area (Å²) in [6, 6.07) is 5.30. The van der Waals surface area contributed by atoms with Gasteiger partial charge in [0.2, 0.25) is 5.91 Å². The van der Waals surface area contributed by atoms with Gasteiger partial charge in [0.25, 0.3) is 5.91 Å². The molecule has 1 aliphatic rings. The van der Waals surface area contributed by atoms with Gasteiger partial charge in [-0.25, -0.2) is 9.97 Å². The number of likely N-dealkylation sites (N-methyl/N-ethyl adjacent to an activating group) is 1. The van der Waals surface area contributed by atoms with E-state index in [-0.39, 0.29) is 20.4 Å². The largest absolute Gasteiger partial charge is 0.352 e. The van der Waals surface area contributed by atoms with Gasteiger partial charge in [-0.05, 0) is 33.2 Å². The fraction of sp³-hybridized carbons (Fsp3) is 0.421. The van der Waals surface area contributed by atoms with E-state index in [0.717, 1.165) is 0 Å². The van der Waals surface area contributed by atoms with Crippen LogP contribution in [0.2, 0.25) is 0 Å². The zero-order valence-electron chi connectivity index (χ0n) is 16.4. The summed E-state index contributed by atoms with van der Waals surface area (Å²) < 4.78 is 0. The molecule has 152 valence electrons. The van der Waals surface area contributed by atoms with E-state index in [1.807, 2.05) is 28.8 Å². The van der Waals surface area contributed by atoms with E-state index in [2.05, 4.69) is 20.3 Å². The SMILES string of the molecule is Cc1ncc(N2CCN(C(=O)CN(C)C)CC2)nc1C(=O)Nc1ccccn1.[HH].[HH]. The van der Waals surface area contributed by atoms with Crippen LogP contribution in [0.4, 0.5) is 11.6 Å². The highest BCUT2D eigenvalue weighted by atomic mass is 16.2. The third-order valence-corrected chi connectivity index (χ3v) is 4.47. The summed E-state index contributed by atoms with van der Waals surface area (Å²) in [5, 5.41) is 2.74. The number of rotatable bonds is 5. The van der Waals surface area contributed by atoms with Crippen LogP contribution in [0.25, 0.3) is 0 Å². The number of anilines is 2. The molecule has 2 aromatic rings. The molecule has 0 spiro atoms. The fourth-order valence-electron chi connectivity index (χ4n) is 2.98. The molecule has 0 bridgehead atoms. The third kappa shape index (κ3) is 4.80. The van der Waals surface area contributed by atoms with Crippen LogP contribution in [-0.2, 0) is 4.79 Å². The Hall–Kier alpha value is -3.07. The van der Waals surface area contributed by atoms with E-state index in [9.17, 15) is 9.59 Å². The summed E-state index contributed by atoms with van der Waals surface area (Å²) in [5.74, 6) is 0.879. The van der Waals surface area contributed by atoms with Gasteiger partial charge in [0.15, 0.2) is 5.69 Å².